The quantitative estimate of drug-likeness (QED) is 0.880. The topological polar surface area (TPSA) is 59.1 Å². The minimum atomic E-state index is -2.57. The number of anilines is 1. The maximum Gasteiger partial charge on any atom is 0.263 e. The number of benzene rings is 1. The van der Waals surface area contributed by atoms with Gasteiger partial charge in [0.2, 0.25) is 0 Å². The Labute approximate surface area is 103 Å². The third-order valence-corrected chi connectivity index (χ3v) is 2.64. The third kappa shape index (κ3) is 2.46. The summed E-state index contributed by atoms with van der Waals surface area (Å²) in [5.74, 6) is 0.187. The van der Waals surface area contributed by atoms with Crippen molar-refractivity contribution in [2.75, 3.05) is 5.73 Å². The number of nitrogens with two attached hydrogens (primary N) is 1. The summed E-state index contributed by atoms with van der Waals surface area (Å²) in [5, 5.41) is 10.1. The van der Waals surface area contributed by atoms with Gasteiger partial charge in [0.05, 0.1) is 0 Å². The van der Waals surface area contributed by atoms with Crippen molar-refractivity contribution in [3.63, 3.8) is 0 Å². The highest BCUT2D eigenvalue weighted by molar-refractivity contribution is 5.44. The van der Waals surface area contributed by atoms with Gasteiger partial charge in [-0.25, -0.2) is 13.8 Å². The SMILES string of the molecule is Nc1ncccc1C(O)c1cccc(C(F)F)c1. The Balaban J connectivity index is 2.37. The predicted molar refractivity (Wildman–Crippen MR) is 64.1 cm³/mol. The summed E-state index contributed by atoms with van der Waals surface area (Å²) in [4.78, 5) is 3.85. The molecule has 0 radical (unpaired) electrons. The number of hydrogen-bond acceptors (Lipinski definition) is 3. The molecule has 2 rings (SSSR count). The molecular weight excluding hydrogens is 238 g/mol. The van der Waals surface area contributed by atoms with E-state index in [2.05, 4.69) is 4.98 Å². The highest BCUT2D eigenvalue weighted by Crippen LogP contribution is 2.28. The molecule has 0 saturated heterocycles. The van der Waals surface area contributed by atoms with Crippen molar-refractivity contribution in [1.82, 2.24) is 4.98 Å². The van der Waals surface area contributed by atoms with Crippen molar-refractivity contribution in [2.24, 2.45) is 0 Å². The molecule has 1 unspecified atom stereocenters. The number of nitrogen functional groups attached to an aromatic ring is 1. The van der Waals surface area contributed by atoms with E-state index in [9.17, 15) is 13.9 Å². The lowest BCUT2D eigenvalue weighted by Crippen LogP contribution is -2.05. The second kappa shape index (κ2) is 5.10. The predicted octanol–water partition coefficient (Wildman–Crippen LogP) is 2.68. The van der Waals surface area contributed by atoms with Crippen LogP contribution in [0.3, 0.4) is 0 Å². The fraction of sp³-hybridized carbons (Fsp3) is 0.154. The van der Waals surface area contributed by atoms with E-state index in [1.807, 2.05) is 0 Å². The van der Waals surface area contributed by atoms with E-state index in [0.717, 1.165) is 0 Å². The zero-order valence-electron chi connectivity index (χ0n) is 9.42. The number of alkyl halides is 2. The molecular formula is C13H12F2N2O. The van der Waals surface area contributed by atoms with Gasteiger partial charge < -0.3 is 10.8 Å². The Morgan fingerprint density at radius 3 is 2.50 bits per heavy atom. The van der Waals surface area contributed by atoms with Gasteiger partial charge in [0.15, 0.2) is 0 Å². The Morgan fingerprint density at radius 1 is 1.11 bits per heavy atom. The van der Waals surface area contributed by atoms with Crippen LogP contribution in [0.2, 0.25) is 0 Å². The first-order chi connectivity index (χ1) is 8.59. The summed E-state index contributed by atoms with van der Waals surface area (Å²) < 4.78 is 25.1. The molecule has 1 aromatic carbocycles. The lowest BCUT2D eigenvalue weighted by molar-refractivity contribution is 0.150. The van der Waals surface area contributed by atoms with Crippen LogP contribution in [0.5, 0.6) is 0 Å². The van der Waals surface area contributed by atoms with E-state index in [4.69, 9.17) is 5.73 Å². The molecule has 94 valence electrons. The lowest BCUT2D eigenvalue weighted by atomic mass is 10.0. The van der Waals surface area contributed by atoms with Crippen LogP contribution < -0.4 is 5.73 Å². The summed E-state index contributed by atoms with van der Waals surface area (Å²) in [6.07, 6.45) is -2.12. The van der Waals surface area contributed by atoms with Gasteiger partial charge in [-0.15, -0.1) is 0 Å². The molecule has 0 bridgehead atoms. The molecule has 0 saturated carbocycles. The number of aliphatic hydroxyl groups excluding tert-OH is 1. The minimum Gasteiger partial charge on any atom is -0.384 e. The zero-order chi connectivity index (χ0) is 13.1. The largest absolute Gasteiger partial charge is 0.384 e. The van der Waals surface area contributed by atoms with E-state index in [1.54, 1.807) is 18.2 Å². The summed E-state index contributed by atoms with van der Waals surface area (Å²) in [6, 6.07) is 8.87. The fourth-order valence-electron chi connectivity index (χ4n) is 1.71. The van der Waals surface area contributed by atoms with Gasteiger partial charge in [0.1, 0.15) is 11.9 Å². The maximum absolute atomic E-state index is 12.6. The first-order valence-corrected chi connectivity index (χ1v) is 5.36. The minimum absolute atomic E-state index is 0.131. The van der Waals surface area contributed by atoms with Gasteiger partial charge in [-0.3, -0.25) is 0 Å². The van der Waals surface area contributed by atoms with Crippen molar-refractivity contribution < 1.29 is 13.9 Å². The molecule has 2 aromatic rings. The monoisotopic (exact) mass is 250 g/mol. The molecule has 0 aliphatic heterocycles. The fourth-order valence-corrected chi connectivity index (χ4v) is 1.71. The molecule has 1 aromatic heterocycles. The third-order valence-electron chi connectivity index (χ3n) is 2.64. The van der Waals surface area contributed by atoms with Crippen LogP contribution in [0.25, 0.3) is 0 Å². The number of rotatable bonds is 3. The van der Waals surface area contributed by atoms with Crippen LogP contribution >= 0.6 is 0 Å². The van der Waals surface area contributed by atoms with E-state index in [1.165, 1.54) is 24.4 Å². The molecule has 0 aliphatic rings. The molecule has 1 heterocycles. The van der Waals surface area contributed by atoms with Gasteiger partial charge in [0, 0.05) is 17.3 Å². The summed E-state index contributed by atoms with van der Waals surface area (Å²) >= 11 is 0. The molecule has 0 aliphatic carbocycles. The Hall–Kier alpha value is -2.01. The average molecular weight is 250 g/mol. The summed E-state index contributed by atoms with van der Waals surface area (Å²) in [6.45, 7) is 0. The Kier molecular flexibility index (Phi) is 3.53. The van der Waals surface area contributed by atoms with Gasteiger partial charge in [-0.1, -0.05) is 24.3 Å². The highest BCUT2D eigenvalue weighted by atomic mass is 19.3. The van der Waals surface area contributed by atoms with Gasteiger partial charge in [0.25, 0.3) is 6.43 Å². The van der Waals surface area contributed by atoms with E-state index in [-0.39, 0.29) is 11.4 Å². The standard InChI is InChI=1S/C13H12F2N2O/c14-12(15)9-4-1-3-8(7-9)11(18)10-5-2-6-17-13(10)16/h1-7,11-12,18H,(H2,16,17). The molecule has 3 N–H and O–H groups in total. The molecule has 5 heteroatoms. The zero-order valence-corrected chi connectivity index (χ0v) is 9.42. The van der Waals surface area contributed by atoms with Gasteiger partial charge in [-0.2, -0.15) is 0 Å². The van der Waals surface area contributed by atoms with Crippen LogP contribution in [-0.4, -0.2) is 10.1 Å². The number of halogens is 2. The lowest BCUT2D eigenvalue weighted by Gasteiger charge is -2.14. The van der Waals surface area contributed by atoms with Crippen LogP contribution in [0.1, 0.15) is 29.2 Å². The molecule has 0 spiro atoms. The van der Waals surface area contributed by atoms with Gasteiger partial charge in [-0.05, 0) is 17.7 Å². The number of hydrogen-bond donors (Lipinski definition) is 2. The second-order valence-electron chi connectivity index (χ2n) is 3.85. The number of pyridine rings is 1. The van der Waals surface area contributed by atoms with Crippen molar-refractivity contribution in [1.29, 1.82) is 0 Å². The molecule has 18 heavy (non-hydrogen) atoms. The highest BCUT2D eigenvalue weighted by Gasteiger charge is 2.16. The normalized spacial score (nSPS) is 12.7. The van der Waals surface area contributed by atoms with Crippen LogP contribution in [0, 0.1) is 0 Å². The van der Waals surface area contributed by atoms with Crippen LogP contribution in [0.15, 0.2) is 42.6 Å². The first kappa shape index (κ1) is 12.4. The number of aromatic nitrogens is 1. The Bertz CT molecular complexity index is 546. The van der Waals surface area contributed by atoms with Crippen molar-refractivity contribution in [2.45, 2.75) is 12.5 Å². The van der Waals surface area contributed by atoms with Crippen molar-refractivity contribution in [3.05, 3.63) is 59.3 Å². The molecule has 3 nitrogen and oxygen atoms in total. The summed E-state index contributed by atoms with van der Waals surface area (Å²) in [7, 11) is 0. The summed E-state index contributed by atoms with van der Waals surface area (Å²) in [5.41, 5.74) is 6.28. The first-order valence-electron chi connectivity index (χ1n) is 5.36. The second-order valence-corrected chi connectivity index (χ2v) is 3.85. The van der Waals surface area contributed by atoms with Crippen molar-refractivity contribution in [3.8, 4) is 0 Å². The van der Waals surface area contributed by atoms with E-state index < -0.39 is 12.5 Å². The molecule has 1 atom stereocenters. The van der Waals surface area contributed by atoms with Gasteiger partial charge >= 0.3 is 0 Å². The number of aliphatic hydroxyl groups is 1. The smallest absolute Gasteiger partial charge is 0.263 e. The van der Waals surface area contributed by atoms with Crippen LogP contribution in [0.4, 0.5) is 14.6 Å². The Morgan fingerprint density at radius 2 is 1.83 bits per heavy atom. The average Bonchev–Trinajstić information content (AvgIpc) is 2.38. The van der Waals surface area contributed by atoms with Crippen LogP contribution in [-0.2, 0) is 0 Å². The van der Waals surface area contributed by atoms with Crippen molar-refractivity contribution >= 4 is 5.82 Å². The molecule has 0 fully saturated rings. The maximum atomic E-state index is 12.6. The molecule has 0 amide bonds. The number of nitrogens with zero attached hydrogens (tertiary/aromatic N) is 1. The van der Waals surface area contributed by atoms with E-state index in [0.29, 0.717) is 11.1 Å². The van der Waals surface area contributed by atoms with E-state index >= 15 is 0 Å².